The van der Waals surface area contributed by atoms with Gasteiger partial charge in [-0.05, 0) is 40.4 Å². The van der Waals surface area contributed by atoms with Crippen LogP contribution < -0.4 is 0 Å². The Morgan fingerprint density at radius 1 is 0.771 bits per heavy atom. The summed E-state index contributed by atoms with van der Waals surface area (Å²) >= 11 is 0. The number of hydrogen-bond donors (Lipinski definition) is 0. The van der Waals surface area contributed by atoms with Crippen LogP contribution in [-0.4, -0.2) is 64.6 Å². The fourth-order valence-corrected chi connectivity index (χ4v) is 7.38. The molecule has 0 N–H and O–H groups in total. The van der Waals surface area contributed by atoms with Crippen LogP contribution in [0.4, 0.5) is 4.79 Å². The van der Waals surface area contributed by atoms with Gasteiger partial charge in [-0.25, -0.2) is 4.79 Å². The molecular weight excluding hydrogens is 619 g/mol. The lowest BCUT2D eigenvalue weighted by atomic mass is 9.80. The first-order valence-electron chi connectivity index (χ1n) is 16.6. The summed E-state index contributed by atoms with van der Waals surface area (Å²) in [6.45, 7) is 11.7. The van der Waals surface area contributed by atoms with Gasteiger partial charge in [0.2, 0.25) is 0 Å². The lowest BCUT2D eigenvalue weighted by Crippen LogP contribution is -2.49. The molecule has 8 heteroatoms. The molecule has 1 aliphatic rings. The second-order valence-corrected chi connectivity index (χ2v) is 18.6. The van der Waals surface area contributed by atoms with Crippen molar-refractivity contribution in [1.82, 2.24) is 4.90 Å². The Balaban J connectivity index is 1.56. The highest BCUT2D eigenvalue weighted by Gasteiger charge is 2.51. The predicted molar refractivity (Wildman–Crippen MR) is 191 cm³/mol. The third kappa shape index (κ3) is 7.91. The van der Waals surface area contributed by atoms with E-state index in [1.54, 1.807) is 12.0 Å². The molecule has 0 saturated carbocycles. The highest BCUT2D eigenvalue weighted by Crippen LogP contribution is 2.43. The molecule has 1 heterocycles. The molecule has 254 valence electrons. The average molecular weight is 668 g/mol. The minimum Gasteiger partial charge on any atom is -0.445 e. The smallest absolute Gasteiger partial charge is 0.410 e. The molecule has 0 aliphatic carbocycles. The first-order valence-corrected chi connectivity index (χ1v) is 19.5. The van der Waals surface area contributed by atoms with E-state index in [1.165, 1.54) is 0 Å². The highest BCUT2D eigenvalue weighted by atomic mass is 28.4. The molecule has 48 heavy (non-hydrogen) atoms. The maximum Gasteiger partial charge on any atom is 0.410 e. The molecule has 4 aromatic rings. The van der Waals surface area contributed by atoms with Crippen molar-refractivity contribution in [3.8, 4) is 0 Å². The SMILES string of the molecule is COCO[C@H]1[C@@H](O[Si](C)(C)C(C)(C)C)CN(C(=O)OCc2ccccc2)[C@H]1COC(c1ccccc1)(c1ccccc1)c1ccccc1. The number of carbonyl (C=O) groups is 1. The Labute approximate surface area is 286 Å². The Hall–Kier alpha value is -3.79. The lowest BCUT2D eigenvalue weighted by molar-refractivity contribution is -0.119. The van der Waals surface area contributed by atoms with Gasteiger partial charge in [-0.1, -0.05) is 142 Å². The van der Waals surface area contributed by atoms with E-state index in [9.17, 15) is 4.79 Å². The van der Waals surface area contributed by atoms with Crippen molar-refractivity contribution < 1.29 is 28.2 Å². The molecule has 0 bridgehead atoms. The molecule has 0 spiro atoms. The first-order chi connectivity index (χ1) is 23.1. The lowest BCUT2D eigenvalue weighted by Gasteiger charge is -2.40. The van der Waals surface area contributed by atoms with Gasteiger partial charge in [0.15, 0.2) is 8.32 Å². The van der Waals surface area contributed by atoms with E-state index >= 15 is 0 Å². The van der Waals surface area contributed by atoms with Gasteiger partial charge in [0.05, 0.1) is 25.3 Å². The summed E-state index contributed by atoms with van der Waals surface area (Å²) < 4.78 is 32.0. The van der Waals surface area contributed by atoms with E-state index in [0.717, 1.165) is 22.3 Å². The third-order valence-corrected chi connectivity index (χ3v) is 14.1. The molecule has 0 aromatic heterocycles. The van der Waals surface area contributed by atoms with E-state index in [-0.39, 0.29) is 25.0 Å². The number of ether oxygens (including phenoxy) is 4. The summed E-state index contributed by atoms with van der Waals surface area (Å²) in [5.41, 5.74) is 2.86. The van der Waals surface area contributed by atoms with Crippen LogP contribution in [0.25, 0.3) is 0 Å². The number of hydrogen-bond acceptors (Lipinski definition) is 6. The number of likely N-dealkylation sites (tertiary alicyclic amines) is 1. The zero-order valence-corrected chi connectivity index (χ0v) is 30.0. The molecule has 3 atom stereocenters. The summed E-state index contributed by atoms with van der Waals surface area (Å²) in [5.74, 6) is 0. The summed E-state index contributed by atoms with van der Waals surface area (Å²) in [6, 6.07) is 39.8. The normalized spacial score (nSPS) is 18.5. The van der Waals surface area contributed by atoms with Gasteiger partial charge < -0.3 is 23.4 Å². The molecule has 1 fully saturated rings. The van der Waals surface area contributed by atoms with Crippen molar-refractivity contribution in [1.29, 1.82) is 0 Å². The molecule has 7 nitrogen and oxygen atoms in total. The summed E-state index contributed by atoms with van der Waals surface area (Å²) in [6.07, 6.45) is -1.37. The van der Waals surface area contributed by atoms with E-state index < -0.39 is 38.3 Å². The van der Waals surface area contributed by atoms with Gasteiger partial charge in [0.25, 0.3) is 0 Å². The largest absolute Gasteiger partial charge is 0.445 e. The van der Waals surface area contributed by atoms with Crippen LogP contribution in [0.15, 0.2) is 121 Å². The Kier molecular flexibility index (Phi) is 11.6. The number of methoxy groups -OCH3 is 1. The van der Waals surface area contributed by atoms with Crippen molar-refractivity contribution in [3.63, 3.8) is 0 Å². The topological polar surface area (TPSA) is 66.5 Å². The van der Waals surface area contributed by atoms with Crippen LogP contribution in [-0.2, 0) is 35.6 Å². The number of benzene rings is 4. The molecule has 1 aliphatic heterocycles. The standard InChI is InChI=1S/C40H49NO6Si/c1-39(2,3)48(5,6)47-36-27-41(38(42)44-28-31-19-11-7-12-20-31)35(37(36)45-30-43-4)29-46-40(32-21-13-8-14-22-32,33-23-15-9-16-24-33)34-25-17-10-18-26-34/h7-26,35-37H,27-30H2,1-6H3/t35-,36-,37+/m0/s1. The zero-order chi connectivity index (χ0) is 34.2. The third-order valence-electron chi connectivity index (χ3n) is 9.60. The second kappa shape index (κ2) is 15.6. The first kappa shape index (κ1) is 35.5. The molecule has 4 aromatic carbocycles. The summed E-state index contributed by atoms with van der Waals surface area (Å²) in [4.78, 5) is 15.7. The fourth-order valence-electron chi connectivity index (χ4n) is 6.06. The molecule has 1 saturated heterocycles. The van der Waals surface area contributed by atoms with Crippen LogP contribution in [0.2, 0.25) is 18.1 Å². The van der Waals surface area contributed by atoms with Gasteiger partial charge in [-0.3, -0.25) is 4.90 Å². The van der Waals surface area contributed by atoms with E-state index in [2.05, 4.69) is 70.3 Å². The summed E-state index contributed by atoms with van der Waals surface area (Å²) in [5, 5.41) is -0.0465. The molecule has 1 amide bonds. The zero-order valence-electron chi connectivity index (χ0n) is 29.0. The molecular formula is C40H49NO6Si. The minimum atomic E-state index is -2.27. The summed E-state index contributed by atoms with van der Waals surface area (Å²) in [7, 11) is -0.675. The van der Waals surface area contributed by atoms with Gasteiger partial charge in [0.1, 0.15) is 25.1 Å². The van der Waals surface area contributed by atoms with E-state index in [1.807, 2.05) is 84.9 Å². The van der Waals surface area contributed by atoms with Crippen LogP contribution in [0.1, 0.15) is 43.0 Å². The predicted octanol–water partition coefficient (Wildman–Crippen LogP) is 8.40. The van der Waals surface area contributed by atoms with Gasteiger partial charge in [-0.15, -0.1) is 0 Å². The van der Waals surface area contributed by atoms with Gasteiger partial charge in [-0.2, -0.15) is 0 Å². The Morgan fingerprint density at radius 3 is 1.71 bits per heavy atom. The monoisotopic (exact) mass is 667 g/mol. The van der Waals surface area contributed by atoms with Crippen molar-refractivity contribution >= 4 is 14.4 Å². The Morgan fingerprint density at radius 2 is 1.25 bits per heavy atom. The fraction of sp³-hybridized carbons (Fsp3) is 0.375. The number of carbonyl (C=O) groups excluding carboxylic acids is 1. The molecule has 0 radical (unpaired) electrons. The highest BCUT2D eigenvalue weighted by molar-refractivity contribution is 6.74. The second-order valence-electron chi connectivity index (χ2n) is 13.8. The van der Waals surface area contributed by atoms with Crippen molar-refractivity contribution in [2.24, 2.45) is 0 Å². The van der Waals surface area contributed by atoms with Crippen LogP contribution in [0.3, 0.4) is 0 Å². The number of rotatable bonds is 13. The van der Waals surface area contributed by atoms with Gasteiger partial charge >= 0.3 is 6.09 Å². The maximum absolute atomic E-state index is 14.0. The van der Waals surface area contributed by atoms with Crippen molar-refractivity contribution in [2.45, 2.75) is 69.4 Å². The molecule has 5 rings (SSSR count). The number of nitrogens with zero attached hydrogens (tertiary/aromatic N) is 1. The average Bonchev–Trinajstić information content (AvgIpc) is 3.43. The van der Waals surface area contributed by atoms with E-state index in [0.29, 0.717) is 6.54 Å². The Bertz CT molecular complexity index is 1470. The molecule has 0 unspecified atom stereocenters. The maximum atomic E-state index is 14.0. The van der Waals surface area contributed by atoms with Crippen LogP contribution >= 0.6 is 0 Å². The van der Waals surface area contributed by atoms with E-state index in [4.69, 9.17) is 23.4 Å². The van der Waals surface area contributed by atoms with Crippen molar-refractivity contribution in [2.75, 3.05) is 27.1 Å². The van der Waals surface area contributed by atoms with Crippen molar-refractivity contribution in [3.05, 3.63) is 144 Å². The van der Waals surface area contributed by atoms with Crippen LogP contribution in [0.5, 0.6) is 0 Å². The number of amides is 1. The minimum absolute atomic E-state index is 0.0465. The van der Waals surface area contributed by atoms with Gasteiger partial charge in [0, 0.05) is 7.11 Å². The quantitative estimate of drug-likeness (QED) is 0.0811. The van der Waals surface area contributed by atoms with Crippen LogP contribution in [0, 0.1) is 0 Å².